The van der Waals surface area contributed by atoms with E-state index in [4.69, 9.17) is 4.74 Å². The average Bonchev–Trinajstić information content (AvgIpc) is 2.64. The van der Waals surface area contributed by atoms with Crippen molar-refractivity contribution in [2.24, 2.45) is 0 Å². The van der Waals surface area contributed by atoms with E-state index in [-0.39, 0.29) is 11.7 Å². The van der Waals surface area contributed by atoms with Gasteiger partial charge in [-0.2, -0.15) is 0 Å². The first-order valence-corrected chi connectivity index (χ1v) is 8.98. The molecule has 0 saturated carbocycles. The number of piperazine rings is 1. The number of nitrogens with one attached hydrogen (secondary N) is 3. The molecule has 2 aromatic carbocycles. The predicted molar refractivity (Wildman–Crippen MR) is 98.0 cm³/mol. The number of benzene rings is 2. The molecule has 0 aromatic heterocycles. The number of para-hydroxylation sites is 1. The van der Waals surface area contributed by atoms with Crippen molar-refractivity contribution in [3.05, 3.63) is 59.9 Å². The highest BCUT2D eigenvalue weighted by Crippen LogP contribution is 2.15. The first-order chi connectivity index (χ1) is 12.6. The Hall–Kier alpha value is -2.44. The van der Waals surface area contributed by atoms with E-state index in [2.05, 4.69) is 11.4 Å². The van der Waals surface area contributed by atoms with Crippen LogP contribution in [0.1, 0.15) is 5.56 Å². The quantitative estimate of drug-likeness (QED) is 0.667. The molecule has 26 heavy (non-hydrogen) atoms. The molecule has 1 aliphatic heterocycles. The molecule has 0 atom stereocenters. The Morgan fingerprint density at radius 3 is 2.54 bits per heavy atom. The summed E-state index contributed by atoms with van der Waals surface area (Å²) in [6, 6.07) is 14.1. The lowest BCUT2D eigenvalue weighted by molar-refractivity contribution is -1.02. The van der Waals surface area contributed by atoms with Gasteiger partial charge in [0.2, 0.25) is 0 Å². The number of halogens is 1. The average molecular weight is 359 g/mol. The number of quaternary nitrogens is 2. The van der Waals surface area contributed by atoms with Gasteiger partial charge in [-0.3, -0.25) is 4.79 Å². The molecular weight excluding hydrogens is 333 g/mol. The highest BCUT2D eigenvalue weighted by Gasteiger charge is 2.25. The van der Waals surface area contributed by atoms with Crippen molar-refractivity contribution in [1.29, 1.82) is 0 Å². The van der Waals surface area contributed by atoms with Crippen LogP contribution >= 0.6 is 0 Å². The lowest BCUT2D eigenvalue weighted by atomic mass is 10.1. The number of carbonyl (C=O) groups is 1. The van der Waals surface area contributed by atoms with Gasteiger partial charge in [-0.15, -0.1) is 0 Å². The summed E-state index contributed by atoms with van der Waals surface area (Å²) in [4.78, 5) is 14.9. The Kier molecular flexibility index (Phi) is 6.20. The number of rotatable bonds is 6. The second-order valence-electron chi connectivity index (χ2n) is 6.72. The van der Waals surface area contributed by atoms with Gasteiger partial charge in [-0.25, -0.2) is 4.39 Å². The molecule has 0 spiro atoms. The normalized spacial score (nSPS) is 19.8. The number of anilines is 1. The van der Waals surface area contributed by atoms with Crippen molar-refractivity contribution in [1.82, 2.24) is 0 Å². The molecule has 1 heterocycles. The molecule has 0 bridgehead atoms. The molecular formula is C20H26FN3O2+2. The standard InChI is InChI=1S/C20H24FN3O2/c1-26-19-8-3-2-5-16(19)14-23-9-11-24(12-10-23)15-20(25)22-18-7-4-6-17(21)13-18/h2-8,13H,9-12,14-15H2,1H3,(H,22,25)/p+2. The molecule has 6 heteroatoms. The second-order valence-corrected chi connectivity index (χ2v) is 6.72. The van der Waals surface area contributed by atoms with E-state index in [0.29, 0.717) is 12.2 Å². The third-order valence-electron chi connectivity index (χ3n) is 4.82. The third-order valence-corrected chi connectivity index (χ3v) is 4.82. The van der Waals surface area contributed by atoms with Crippen LogP contribution in [-0.2, 0) is 11.3 Å². The summed E-state index contributed by atoms with van der Waals surface area (Å²) in [7, 11) is 1.70. The maximum atomic E-state index is 13.2. The van der Waals surface area contributed by atoms with Crippen LogP contribution < -0.4 is 19.9 Å². The number of methoxy groups -OCH3 is 1. The van der Waals surface area contributed by atoms with E-state index >= 15 is 0 Å². The van der Waals surface area contributed by atoms with Gasteiger partial charge in [0, 0.05) is 11.3 Å². The molecule has 1 aliphatic rings. The van der Waals surface area contributed by atoms with Crippen LogP contribution in [0.15, 0.2) is 48.5 Å². The predicted octanol–water partition coefficient (Wildman–Crippen LogP) is -0.244. The van der Waals surface area contributed by atoms with E-state index < -0.39 is 0 Å². The maximum absolute atomic E-state index is 13.2. The summed E-state index contributed by atoms with van der Waals surface area (Å²) >= 11 is 0. The van der Waals surface area contributed by atoms with Gasteiger partial charge in [-0.1, -0.05) is 18.2 Å². The molecule has 0 radical (unpaired) electrons. The molecule has 0 aliphatic carbocycles. The molecule has 0 unspecified atom stereocenters. The highest BCUT2D eigenvalue weighted by atomic mass is 19.1. The maximum Gasteiger partial charge on any atom is 0.279 e. The van der Waals surface area contributed by atoms with Crippen LogP contribution in [0.3, 0.4) is 0 Å². The van der Waals surface area contributed by atoms with Gasteiger partial charge in [0.15, 0.2) is 6.54 Å². The van der Waals surface area contributed by atoms with E-state index in [0.717, 1.165) is 38.5 Å². The molecule has 138 valence electrons. The summed E-state index contributed by atoms with van der Waals surface area (Å²) in [6.07, 6.45) is 0. The monoisotopic (exact) mass is 359 g/mol. The lowest BCUT2D eigenvalue weighted by Gasteiger charge is -2.29. The van der Waals surface area contributed by atoms with Crippen molar-refractivity contribution in [2.45, 2.75) is 6.54 Å². The fraction of sp³-hybridized carbons (Fsp3) is 0.350. The number of ether oxygens (including phenoxy) is 1. The van der Waals surface area contributed by atoms with Gasteiger partial charge in [0.1, 0.15) is 44.3 Å². The topological polar surface area (TPSA) is 47.2 Å². The van der Waals surface area contributed by atoms with Crippen LogP contribution in [0.2, 0.25) is 0 Å². The van der Waals surface area contributed by atoms with Crippen LogP contribution in [0.4, 0.5) is 10.1 Å². The van der Waals surface area contributed by atoms with E-state index in [1.54, 1.807) is 19.2 Å². The first kappa shape index (κ1) is 18.4. The number of hydrogen-bond donors (Lipinski definition) is 3. The molecule has 1 saturated heterocycles. The Morgan fingerprint density at radius 1 is 1.08 bits per heavy atom. The molecule has 3 N–H and O–H groups in total. The Labute approximate surface area is 153 Å². The fourth-order valence-electron chi connectivity index (χ4n) is 3.43. The minimum absolute atomic E-state index is 0.0706. The largest absolute Gasteiger partial charge is 0.496 e. The molecule has 2 aromatic rings. The van der Waals surface area contributed by atoms with Gasteiger partial charge in [0.25, 0.3) is 5.91 Å². The van der Waals surface area contributed by atoms with Gasteiger partial charge in [0.05, 0.1) is 7.11 Å². The number of carbonyl (C=O) groups excluding carboxylic acids is 1. The van der Waals surface area contributed by atoms with Crippen LogP contribution in [0.25, 0.3) is 0 Å². The summed E-state index contributed by atoms with van der Waals surface area (Å²) in [5.41, 5.74) is 1.73. The van der Waals surface area contributed by atoms with Gasteiger partial charge in [-0.05, 0) is 30.3 Å². The van der Waals surface area contributed by atoms with Crippen LogP contribution in [0, 0.1) is 5.82 Å². The third kappa shape index (κ3) is 5.03. The Balaban J connectivity index is 1.45. The van der Waals surface area contributed by atoms with E-state index in [1.807, 2.05) is 18.2 Å². The van der Waals surface area contributed by atoms with Crippen molar-refractivity contribution < 1.29 is 23.7 Å². The number of amides is 1. The first-order valence-electron chi connectivity index (χ1n) is 8.98. The Bertz CT molecular complexity index is 745. The fourth-order valence-corrected chi connectivity index (χ4v) is 3.43. The number of hydrogen-bond acceptors (Lipinski definition) is 2. The van der Waals surface area contributed by atoms with Crippen LogP contribution in [-0.4, -0.2) is 45.7 Å². The lowest BCUT2D eigenvalue weighted by Crippen LogP contribution is -3.28. The zero-order valence-electron chi connectivity index (χ0n) is 15.1. The van der Waals surface area contributed by atoms with Crippen molar-refractivity contribution >= 4 is 11.6 Å². The summed E-state index contributed by atoms with van der Waals surface area (Å²) in [5, 5.41) is 2.77. The molecule has 3 rings (SSSR count). The van der Waals surface area contributed by atoms with E-state index in [1.165, 1.54) is 27.5 Å². The van der Waals surface area contributed by atoms with Crippen molar-refractivity contribution in [3.63, 3.8) is 0 Å². The second kappa shape index (κ2) is 8.78. The van der Waals surface area contributed by atoms with Crippen molar-refractivity contribution in [2.75, 3.05) is 45.2 Å². The van der Waals surface area contributed by atoms with Gasteiger partial charge < -0.3 is 19.9 Å². The smallest absolute Gasteiger partial charge is 0.279 e. The summed E-state index contributed by atoms with van der Waals surface area (Å²) in [6.45, 7) is 5.27. The molecule has 1 fully saturated rings. The zero-order chi connectivity index (χ0) is 18.4. The van der Waals surface area contributed by atoms with Crippen molar-refractivity contribution in [3.8, 4) is 5.75 Å². The molecule has 1 amide bonds. The zero-order valence-corrected chi connectivity index (χ0v) is 15.1. The minimum Gasteiger partial charge on any atom is -0.496 e. The summed E-state index contributed by atoms with van der Waals surface area (Å²) < 4.78 is 18.6. The Morgan fingerprint density at radius 2 is 1.81 bits per heavy atom. The van der Waals surface area contributed by atoms with Crippen LogP contribution in [0.5, 0.6) is 5.75 Å². The van der Waals surface area contributed by atoms with Gasteiger partial charge >= 0.3 is 0 Å². The SMILES string of the molecule is COc1ccccc1C[NH+]1CC[NH+](CC(=O)Nc2cccc(F)c2)CC1. The molecule has 5 nitrogen and oxygen atoms in total. The van der Waals surface area contributed by atoms with E-state index in [9.17, 15) is 9.18 Å². The minimum atomic E-state index is -0.344. The summed E-state index contributed by atoms with van der Waals surface area (Å²) in [5.74, 6) is 0.520. The highest BCUT2D eigenvalue weighted by molar-refractivity contribution is 5.91.